The lowest BCUT2D eigenvalue weighted by molar-refractivity contribution is 0.202. The van der Waals surface area contributed by atoms with Gasteiger partial charge < -0.3 is 9.88 Å². The molecule has 1 N–H and O–H groups in total. The van der Waals surface area contributed by atoms with Crippen molar-refractivity contribution < 1.29 is 0 Å². The monoisotopic (exact) mass is 333 g/mol. The van der Waals surface area contributed by atoms with Gasteiger partial charge in [0.2, 0.25) is 0 Å². The molecule has 1 aromatic carbocycles. The lowest BCUT2D eigenvalue weighted by Gasteiger charge is -2.34. The summed E-state index contributed by atoms with van der Waals surface area (Å²) in [6, 6.07) is 8.44. The Morgan fingerprint density at radius 3 is 2.85 bits per heavy atom. The molecule has 0 saturated carbocycles. The first kappa shape index (κ1) is 13.8. The third-order valence-corrected chi connectivity index (χ3v) is 4.62. The molecule has 1 aromatic heterocycles. The first-order valence-electron chi connectivity index (χ1n) is 7.13. The lowest BCUT2D eigenvalue weighted by atomic mass is 9.82. The van der Waals surface area contributed by atoms with E-state index in [4.69, 9.17) is 0 Å². The Hall–Kier alpha value is -1.13. The maximum atomic E-state index is 4.35. The van der Waals surface area contributed by atoms with E-state index in [9.17, 15) is 0 Å². The molecule has 2 aromatic rings. The fourth-order valence-corrected chi connectivity index (χ4v) is 3.24. The smallest absolute Gasteiger partial charge is 0.0951 e. The van der Waals surface area contributed by atoms with Crippen LogP contribution in [0.2, 0.25) is 0 Å². The number of halogens is 1. The van der Waals surface area contributed by atoms with Gasteiger partial charge in [0.05, 0.1) is 18.2 Å². The van der Waals surface area contributed by atoms with Gasteiger partial charge in [-0.2, -0.15) is 0 Å². The van der Waals surface area contributed by atoms with Crippen LogP contribution in [0.15, 0.2) is 41.3 Å². The van der Waals surface area contributed by atoms with Gasteiger partial charge in [-0.25, -0.2) is 4.98 Å². The third-order valence-electron chi connectivity index (χ3n) is 4.09. The van der Waals surface area contributed by atoms with Crippen LogP contribution in [0.5, 0.6) is 0 Å². The first-order chi connectivity index (χ1) is 9.66. The van der Waals surface area contributed by atoms with E-state index < -0.39 is 0 Å². The number of hydrogen-bond acceptors (Lipinski definition) is 2. The molecule has 1 unspecified atom stereocenters. The Morgan fingerprint density at radius 2 is 2.15 bits per heavy atom. The van der Waals surface area contributed by atoms with Crippen LogP contribution in [0, 0.1) is 5.41 Å². The van der Waals surface area contributed by atoms with Gasteiger partial charge in [0, 0.05) is 17.6 Å². The Balaban J connectivity index is 1.84. The number of imidazole rings is 1. The second-order valence-electron chi connectivity index (χ2n) is 6.00. The molecule has 3 rings (SSSR count). The molecule has 1 atom stereocenters. The number of nitrogens with zero attached hydrogens (tertiary/aromatic N) is 2. The summed E-state index contributed by atoms with van der Waals surface area (Å²) in [5.41, 5.74) is 2.74. The van der Waals surface area contributed by atoms with E-state index in [0.717, 1.165) is 24.1 Å². The average molecular weight is 334 g/mol. The number of nitrogens with one attached hydrogen (secondary N) is 1. The molecule has 0 aliphatic carbocycles. The first-order valence-corrected chi connectivity index (χ1v) is 7.92. The highest BCUT2D eigenvalue weighted by Gasteiger charge is 2.27. The summed E-state index contributed by atoms with van der Waals surface area (Å²) >= 11 is 3.48. The molecule has 20 heavy (non-hydrogen) atoms. The zero-order chi connectivity index (χ0) is 14.0. The van der Waals surface area contributed by atoms with E-state index in [1.54, 1.807) is 0 Å². The van der Waals surface area contributed by atoms with Crippen LogP contribution >= 0.6 is 15.9 Å². The van der Waals surface area contributed by atoms with Crippen LogP contribution in [-0.4, -0.2) is 22.6 Å². The molecule has 1 aliphatic rings. The Labute approximate surface area is 128 Å². The highest BCUT2D eigenvalue weighted by molar-refractivity contribution is 9.10. The number of benzene rings is 1. The van der Waals surface area contributed by atoms with Crippen molar-refractivity contribution in [2.45, 2.75) is 26.3 Å². The Bertz CT molecular complexity index is 568. The van der Waals surface area contributed by atoms with Crippen molar-refractivity contribution >= 4 is 15.9 Å². The molecule has 106 valence electrons. The van der Waals surface area contributed by atoms with Crippen molar-refractivity contribution in [3.63, 3.8) is 0 Å². The number of hydrogen-bond donors (Lipinski definition) is 1. The summed E-state index contributed by atoms with van der Waals surface area (Å²) in [5.74, 6) is 0. The molecular weight excluding hydrogens is 314 g/mol. The van der Waals surface area contributed by atoms with Crippen LogP contribution in [-0.2, 0) is 6.54 Å². The average Bonchev–Trinajstić information content (AvgIpc) is 2.88. The molecule has 1 fully saturated rings. The largest absolute Gasteiger partial charge is 0.330 e. The zero-order valence-electron chi connectivity index (χ0n) is 11.8. The van der Waals surface area contributed by atoms with E-state index in [-0.39, 0.29) is 0 Å². The summed E-state index contributed by atoms with van der Waals surface area (Å²) in [6.07, 6.45) is 6.46. The number of piperidine rings is 1. The zero-order valence-corrected chi connectivity index (χ0v) is 13.4. The quantitative estimate of drug-likeness (QED) is 0.928. The summed E-state index contributed by atoms with van der Waals surface area (Å²) < 4.78 is 3.40. The molecule has 0 bridgehead atoms. The van der Waals surface area contributed by atoms with E-state index in [1.165, 1.54) is 24.1 Å². The minimum absolute atomic E-state index is 0.322. The predicted molar refractivity (Wildman–Crippen MR) is 85.6 cm³/mol. The van der Waals surface area contributed by atoms with Crippen molar-refractivity contribution in [3.8, 4) is 11.3 Å². The van der Waals surface area contributed by atoms with Crippen molar-refractivity contribution in [1.29, 1.82) is 0 Å². The second-order valence-corrected chi connectivity index (χ2v) is 6.92. The Morgan fingerprint density at radius 1 is 1.35 bits per heavy atom. The molecule has 0 radical (unpaired) electrons. The molecule has 0 spiro atoms. The van der Waals surface area contributed by atoms with Gasteiger partial charge in [-0.3, -0.25) is 0 Å². The maximum Gasteiger partial charge on any atom is 0.0951 e. The maximum absolute atomic E-state index is 4.35. The van der Waals surface area contributed by atoms with Gasteiger partial charge >= 0.3 is 0 Å². The fourth-order valence-electron chi connectivity index (χ4n) is 2.97. The normalized spacial score (nSPS) is 22.9. The van der Waals surface area contributed by atoms with E-state index in [2.05, 4.69) is 62.0 Å². The van der Waals surface area contributed by atoms with Gasteiger partial charge in [-0.05, 0) is 42.5 Å². The van der Waals surface area contributed by atoms with Gasteiger partial charge in [0.25, 0.3) is 0 Å². The Kier molecular flexibility index (Phi) is 3.94. The SMILES string of the molecule is CC1(Cn2cncc2-c2ccc(Br)cc2)CCCNC1. The number of rotatable bonds is 3. The summed E-state index contributed by atoms with van der Waals surface area (Å²) in [4.78, 5) is 4.35. The molecule has 3 nitrogen and oxygen atoms in total. The van der Waals surface area contributed by atoms with Crippen LogP contribution in [0.4, 0.5) is 0 Å². The molecule has 4 heteroatoms. The van der Waals surface area contributed by atoms with Crippen LogP contribution in [0.1, 0.15) is 19.8 Å². The summed E-state index contributed by atoms with van der Waals surface area (Å²) in [7, 11) is 0. The molecular formula is C16H20BrN3. The van der Waals surface area contributed by atoms with Crippen LogP contribution < -0.4 is 5.32 Å². The molecule has 0 amide bonds. The van der Waals surface area contributed by atoms with Gasteiger partial charge in [-0.1, -0.05) is 35.0 Å². The fraction of sp³-hybridized carbons (Fsp3) is 0.438. The summed E-state index contributed by atoms with van der Waals surface area (Å²) in [5, 5.41) is 3.51. The van der Waals surface area contributed by atoms with Crippen molar-refractivity contribution in [2.24, 2.45) is 5.41 Å². The van der Waals surface area contributed by atoms with Crippen molar-refractivity contribution in [3.05, 3.63) is 41.3 Å². The molecule has 1 aliphatic heterocycles. The second kappa shape index (κ2) is 5.70. The standard InChI is InChI=1S/C16H20BrN3/c1-16(7-2-8-18-10-16)11-20-12-19-9-15(20)13-3-5-14(17)6-4-13/h3-6,9,12,18H,2,7-8,10-11H2,1H3. The highest BCUT2D eigenvalue weighted by atomic mass is 79.9. The summed E-state index contributed by atoms with van der Waals surface area (Å²) in [6.45, 7) is 5.62. The minimum atomic E-state index is 0.322. The molecule has 1 saturated heterocycles. The van der Waals surface area contributed by atoms with Crippen LogP contribution in [0.3, 0.4) is 0 Å². The molecule has 2 heterocycles. The van der Waals surface area contributed by atoms with Crippen LogP contribution in [0.25, 0.3) is 11.3 Å². The topological polar surface area (TPSA) is 29.9 Å². The minimum Gasteiger partial charge on any atom is -0.330 e. The van der Waals surface area contributed by atoms with Gasteiger partial charge in [0.15, 0.2) is 0 Å². The van der Waals surface area contributed by atoms with Crippen molar-refractivity contribution in [2.75, 3.05) is 13.1 Å². The van der Waals surface area contributed by atoms with Gasteiger partial charge in [-0.15, -0.1) is 0 Å². The third kappa shape index (κ3) is 2.96. The lowest BCUT2D eigenvalue weighted by Crippen LogP contribution is -2.40. The number of aromatic nitrogens is 2. The van der Waals surface area contributed by atoms with E-state index >= 15 is 0 Å². The van der Waals surface area contributed by atoms with E-state index in [0.29, 0.717) is 5.41 Å². The predicted octanol–water partition coefficient (Wildman–Crippen LogP) is 3.70. The van der Waals surface area contributed by atoms with Gasteiger partial charge in [0.1, 0.15) is 0 Å². The van der Waals surface area contributed by atoms with E-state index in [1.807, 2.05) is 12.5 Å². The van der Waals surface area contributed by atoms with Crippen molar-refractivity contribution in [1.82, 2.24) is 14.9 Å². The highest BCUT2D eigenvalue weighted by Crippen LogP contribution is 2.30.